The van der Waals surface area contributed by atoms with Crippen molar-refractivity contribution >= 4 is 11.6 Å². The summed E-state index contributed by atoms with van der Waals surface area (Å²) in [4.78, 5) is 17.6. The Hall–Kier alpha value is -4.73. The second-order valence-electron chi connectivity index (χ2n) is 7.44. The Bertz CT molecular complexity index is 1340. The highest BCUT2D eigenvalue weighted by Crippen LogP contribution is 2.41. The van der Waals surface area contributed by atoms with Gasteiger partial charge in [-0.1, -0.05) is 17.3 Å². The van der Waals surface area contributed by atoms with E-state index in [1.54, 1.807) is 48.5 Å². The topological polar surface area (TPSA) is 114 Å². The summed E-state index contributed by atoms with van der Waals surface area (Å²) in [6.45, 7) is 0. The van der Waals surface area contributed by atoms with Crippen molar-refractivity contribution in [3.8, 4) is 51.6 Å². The first-order chi connectivity index (χ1) is 17.5. The largest absolute Gasteiger partial charge is 0.497 e. The van der Waals surface area contributed by atoms with E-state index in [1.807, 2.05) is 6.07 Å². The molecule has 0 saturated heterocycles. The fourth-order valence-corrected chi connectivity index (χ4v) is 3.57. The number of aromatic nitrogens is 2. The Morgan fingerprint density at radius 3 is 2.03 bits per heavy atom. The molecule has 1 N–H and O–H groups in total. The van der Waals surface area contributed by atoms with Crippen molar-refractivity contribution in [1.82, 2.24) is 10.1 Å². The van der Waals surface area contributed by atoms with E-state index in [4.69, 9.17) is 28.2 Å². The van der Waals surface area contributed by atoms with Crippen molar-refractivity contribution in [1.29, 1.82) is 0 Å². The molecule has 3 aromatic carbocycles. The number of nitrogens with one attached hydrogen (secondary N) is 1. The van der Waals surface area contributed by atoms with Crippen molar-refractivity contribution in [2.45, 2.75) is 0 Å². The third-order valence-electron chi connectivity index (χ3n) is 5.37. The lowest BCUT2D eigenvalue weighted by Crippen LogP contribution is -2.13. The standard InChI is InChI=1S/C26H25N3O7/c1-31-17-10-16(11-18(14-17)32-2)25(30)27-20-9-7-6-8-19(20)26-28-24(29-36-26)15-12-21(33-3)23(35-5)22(13-15)34-4/h6-14H,1-5H3,(H,27,30). The maximum absolute atomic E-state index is 13.0. The van der Waals surface area contributed by atoms with Gasteiger partial charge in [0, 0.05) is 17.2 Å². The number of ether oxygens (including phenoxy) is 5. The van der Waals surface area contributed by atoms with Crippen molar-refractivity contribution in [3.63, 3.8) is 0 Å². The molecule has 186 valence electrons. The first-order valence-electron chi connectivity index (χ1n) is 10.8. The highest BCUT2D eigenvalue weighted by Gasteiger charge is 2.20. The number of anilines is 1. The predicted molar refractivity (Wildman–Crippen MR) is 132 cm³/mol. The lowest BCUT2D eigenvalue weighted by atomic mass is 10.1. The number of para-hydroxylation sites is 1. The van der Waals surface area contributed by atoms with Gasteiger partial charge in [0.1, 0.15) is 11.5 Å². The average molecular weight is 492 g/mol. The van der Waals surface area contributed by atoms with E-state index in [1.165, 1.54) is 35.5 Å². The molecule has 0 atom stereocenters. The Balaban J connectivity index is 1.66. The molecule has 0 saturated carbocycles. The Morgan fingerprint density at radius 2 is 1.44 bits per heavy atom. The van der Waals surface area contributed by atoms with Gasteiger partial charge in [-0.25, -0.2) is 0 Å². The predicted octanol–water partition coefficient (Wildman–Crippen LogP) is 4.70. The fraction of sp³-hybridized carbons (Fsp3) is 0.192. The van der Waals surface area contributed by atoms with Gasteiger partial charge in [0.15, 0.2) is 11.5 Å². The Labute approximate surface area is 207 Å². The lowest BCUT2D eigenvalue weighted by molar-refractivity contribution is 0.102. The molecule has 1 amide bonds. The molecular formula is C26H25N3O7. The maximum atomic E-state index is 13.0. The smallest absolute Gasteiger partial charge is 0.260 e. The van der Waals surface area contributed by atoms with Crippen LogP contribution in [0, 0.1) is 0 Å². The molecule has 10 heteroatoms. The molecule has 1 aromatic heterocycles. The molecule has 0 unspecified atom stereocenters. The van der Waals surface area contributed by atoms with E-state index < -0.39 is 0 Å². The van der Waals surface area contributed by atoms with E-state index in [0.717, 1.165) is 0 Å². The summed E-state index contributed by atoms with van der Waals surface area (Å²) in [5.41, 5.74) is 2.01. The van der Waals surface area contributed by atoms with Crippen LogP contribution in [0.1, 0.15) is 10.4 Å². The van der Waals surface area contributed by atoms with Gasteiger partial charge in [0.05, 0.1) is 46.8 Å². The monoisotopic (exact) mass is 491 g/mol. The lowest BCUT2D eigenvalue weighted by Gasteiger charge is -2.12. The summed E-state index contributed by atoms with van der Waals surface area (Å²) >= 11 is 0. The highest BCUT2D eigenvalue weighted by molar-refractivity contribution is 6.06. The molecule has 0 fully saturated rings. The summed E-state index contributed by atoms with van der Waals surface area (Å²) in [5.74, 6) is 2.54. The van der Waals surface area contributed by atoms with Crippen LogP contribution in [0.15, 0.2) is 59.1 Å². The molecule has 4 aromatic rings. The van der Waals surface area contributed by atoms with Crippen molar-refractivity contribution < 1.29 is 33.0 Å². The number of carbonyl (C=O) groups excluding carboxylic acids is 1. The van der Waals surface area contributed by atoms with Gasteiger partial charge >= 0.3 is 0 Å². The van der Waals surface area contributed by atoms with Gasteiger partial charge in [0.2, 0.25) is 11.6 Å². The van der Waals surface area contributed by atoms with Crippen LogP contribution < -0.4 is 29.0 Å². The zero-order chi connectivity index (χ0) is 25.7. The zero-order valence-corrected chi connectivity index (χ0v) is 20.4. The third-order valence-corrected chi connectivity index (χ3v) is 5.37. The number of carbonyl (C=O) groups is 1. The van der Waals surface area contributed by atoms with Gasteiger partial charge in [-0.3, -0.25) is 4.79 Å². The minimum Gasteiger partial charge on any atom is -0.497 e. The molecule has 4 rings (SSSR count). The first-order valence-corrected chi connectivity index (χ1v) is 10.8. The fourth-order valence-electron chi connectivity index (χ4n) is 3.57. The van der Waals surface area contributed by atoms with Crippen LogP contribution in [-0.2, 0) is 0 Å². The second-order valence-corrected chi connectivity index (χ2v) is 7.44. The molecule has 0 bridgehead atoms. The van der Waals surface area contributed by atoms with E-state index in [0.29, 0.717) is 56.9 Å². The average Bonchev–Trinajstić information content (AvgIpc) is 3.42. The van der Waals surface area contributed by atoms with E-state index >= 15 is 0 Å². The van der Waals surface area contributed by atoms with Gasteiger partial charge in [-0.15, -0.1) is 0 Å². The van der Waals surface area contributed by atoms with Crippen LogP contribution >= 0.6 is 0 Å². The summed E-state index contributed by atoms with van der Waals surface area (Å²) in [5, 5.41) is 7.00. The number of benzene rings is 3. The molecule has 1 heterocycles. The van der Waals surface area contributed by atoms with Crippen LogP contribution in [0.5, 0.6) is 28.7 Å². The number of methoxy groups -OCH3 is 5. The Kier molecular flexibility index (Phi) is 7.24. The Morgan fingerprint density at radius 1 is 0.806 bits per heavy atom. The van der Waals surface area contributed by atoms with Crippen LogP contribution in [-0.4, -0.2) is 51.6 Å². The van der Waals surface area contributed by atoms with Crippen molar-refractivity contribution in [2.24, 2.45) is 0 Å². The SMILES string of the molecule is COc1cc(OC)cc(C(=O)Nc2ccccc2-c2nc(-c3cc(OC)c(OC)c(OC)c3)no2)c1. The molecule has 0 aliphatic rings. The van der Waals surface area contributed by atoms with Gasteiger partial charge < -0.3 is 33.5 Å². The minimum atomic E-state index is -0.357. The number of hydrogen-bond acceptors (Lipinski definition) is 9. The van der Waals surface area contributed by atoms with E-state index in [2.05, 4.69) is 15.5 Å². The molecule has 10 nitrogen and oxygen atoms in total. The van der Waals surface area contributed by atoms with E-state index in [9.17, 15) is 4.79 Å². The van der Waals surface area contributed by atoms with E-state index in [-0.39, 0.29) is 11.8 Å². The number of amides is 1. The summed E-state index contributed by atoms with van der Waals surface area (Å²) in [7, 11) is 7.62. The number of hydrogen-bond donors (Lipinski definition) is 1. The van der Waals surface area contributed by atoms with Crippen LogP contribution in [0.3, 0.4) is 0 Å². The quantitative estimate of drug-likeness (QED) is 0.356. The summed E-state index contributed by atoms with van der Waals surface area (Å²) < 4.78 is 32.3. The zero-order valence-electron chi connectivity index (χ0n) is 20.4. The molecular weight excluding hydrogens is 466 g/mol. The third kappa shape index (κ3) is 4.88. The van der Waals surface area contributed by atoms with Gasteiger partial charge in [-0.05, 0) is 36.4 Å². The number of nitrogens with zero attached hydrogens (tertiary/aromatic N) is 2. The van der Waals surface area contributed by atoms with Crippen molar-refractivity contribution in [3.05, 3.63) is 60.2 Å². The molecule has 36 heavy (non-hydrogen) atoms. The first kappa shape index (κ1) is 24.4. The maximum Gasteiger partial charge on any atom is 0.260 e. The molecule has 0 radical (unpaired) electrons. The van der Waals surface area contributed by atoms with Crippen LogP contribution in [0.2, 0.25) is 0 Å². The molecule has 0 aliphatic heterocycles. The number of rotatable bonds is 9. The minimum absolute atomic E-state index is 0.220. The van der Waals surface area contributed by atoms with Crippen LogP contribution in [0.4, 0.5) is 5.69 Å². The summed E-state index contributed by atoms with van der Waals surface area (Å²) in [6, 6.07) is 15.5. The molecule has 0 spiro atoms. The summed E-state index contributed by atoms with van der Waals surface area (Å²) in [6.07, 6.45) is 0. The normalized spacial score (nSPS) is 10.5. The highest BCUT2D eigenvalue weighted by atomic mass is 16.5. The van der Waals surface area contributed by atoms with Crippen molar-refractivity contribution in [2.75, 3.05) is 40.9 Å². The van der Waals surface area contributed by atoms with Gasteiger partial charge in [0.25, 0.3) is 11.8 Å². The molecule has 0 aliphatic carbocycles. The van der Waals surface area contributed by atoms with Crippen LogP contribution in [0.25, 0.3) is 22.8 Å². The second kappa shape index (κ2) is 10.7. The van der Waals surface area contributed by atoms with Gasteiger partial charge in [-0.2, -0.15) is 4.98 Å².